The number of carbonyl (C=O) groups is 1. The molecule has 0 saturated carbocycles. The van der Waals surface area contributed by atoms with Crippen molar-refractivity contribution in [3.8, 4) is 0 Å². The first-order valence-corrected chi connectivity index (χ1v) is 10.9. The molecule has 0 radical (unpaired) electrons. The molecule has 11 nitrogen and oxygen atoms in total. The second-order valence-corrected chi connectivity index (χ2v) is 8.34. The van der Waals surface area contributed by atoms with Crippen LogP contribution in [-0.2, 0) is 13.3 Å². The third-order valence-electron chi connectivity index (χ3n) is 3.63. The van der Waals surface area contributed by atoms with Gasteiger partial charge in [0.1, 0.15) is 0 Å². The van der Waals surface area contributed by atoms with Gasteiger partial charge in [0, 0.05) is 50.1 Å². The van der Waals surface area contributed by atoms with Crippen LogP contribution in [0.1, 0.15) is 37.6 Å². The largest absolute Gasteiger partial charge is 0.733 e. The number of nitro groups is 1. The van der Waals surface area contributed by atoms with Gasteiger partial charge in [-0.3, -0.25) is 20.1 Å². The Morgan fingerprint density at radius 3 is 2.21 bits per heavy atom. The van der Waals surface area contributed by atoms with Crippen LogP contribution in [0.3, 0.4) is 0 Å². The Hall–Kier alpha value is -2.09. The normalized spacial score (nSPS) is 11.3. The molecule has 0 atom stereocenters. The predicted molar refractivity (Wildman–Crippen MR) is 103 cm³/mol. The van der Waals surface area contributed by atoms with Crippen LogP contribution in [0.2, 0.25) is 6.04 Å². The zero-order chi connectivity index (χ0) is 21.2. The molecule has 1 aromatic rings. The highest BCUT2D eigenvalue weighted by molar-refractivity contribution is 6.60. The Labute approximate surface area is 164 Å². The van der Waals surface area contributed by atoms with Crippen molar-refractivity contribution in [2.75, 3.05) is 31.6 Å². The van der Waals surface area contributed by atoms with Crippen LogP contribution in [0.15, 0.2) is 18.2 Å². The molecule has 1 aromatic carbocycles. The van der Waals surface area contributed by atoms with E-state index in [-0.39, 0.29) is 12.1 Å². The molecule has 0 bridgehead atoms. The molecule has 158 valence electrons. The van der Waals surface area contributed by atoms with E-state index in [0.29, 0.717) is 32.3 Å². The molecule has 28 heavy (non-hydrogen) atoms. The molecule has 1 rings (SSSR count). The molecule has 0 unspecified atom stereocenters. The smallest absolute Gasteiger partial charge is 0.500 e. The van der Waals surface area contributed by atoms with Crippen molar-refractivity contribution in [3.63, 3.8) is 0 Å². The van der Waals surface area contributed by atoms with Crippen LogP contribution in [0.4, 0.5) is 11.4 Å². The molecule has 0 aliphatic carbocycles. The second kappa shape index (κ2) is 11.7. The molecule has 0 spiro atoms. The average molecular weight is 416 g/mol. The lowest BCUT2D eigenvalue weighted by atomic mass is 10.1. The molecule has 1 amide bonds. The number of anilines is 1. The third kappa shape index (κ3) is 7.14. The summed E-state index contributed by atoms with van der Waals surface area (Å²) in [7, 11) is -2.82. The molecule has 0 aromatic heterocycles. The highest BCUT2D eigenvalue weighted by atomic mass is 28.4. The molecule has 0 fully saturated rings. The number of nitrogens with zero attached hydrogens (tertiary/aromatic N) is 2. The summed E-state index contributed by atoms with van der Waals surface area (Å²) in [5, 5.41) is 33.0. The van der Waals surface area contributed by atoms with Gasteiger partial charge in [0.2, 0.25) is 0 Å². The minimum absolute atomic E-state index is 0.109. The summed E-state index contributed by atoms with van der Waals surface area (Å²) in [6.07, 6.45) is 0.507. The van der Waals surface area contributed by atoms with E-state index in [9.17, 15) is 20.1 Å². The fraction of sp³-hybridized carbons (Fsp3) is 0.562. The van der Waals surface area contributed by atoms with Gasteiger partial charge < -0.3 is 29.0 Å². The monoisotopic (exact) mass is 416 g/mol. The third-order valence-corrected chi connectivity index (χ3v) is 6.79. The predicted octanol–water partition coefficient (Wildman–Crippen LogP) is 2.46. The van der Waals surface area contributed by atoms with E-state index in [1.807, 2.05) is 20.8 Å². The lowest BCUT2D eigenvalue weighted by Gasteiger charge is -2.28. The van der Waals surface area contributed by atoms with Gasteiger partial charge in [0.05, 0.1) is 10.6 Å². The van der Waals surface area contributed by atoms with Gasteiger partial charge in [-0.15, -0.1) is 0 Å². The van der Waals surface area contributed by atoms with Crippen LogP contribution in [0, 0.1) is 15.3 Å². The number of hydrogen-bond acceptors (Lipinski definition) is 9. The number of rotatable bonds is 13. The molecular formula is C16H26N3O8Si-. The summed E-state index contributed by atoms with van der Waals surface area (Å²) in [6.45, 7) is 7.14. The van der Waals surface area contributed by atoms with Crippen molar-refractivity contribution in [3.05, 3.63) is 39.1 Å². The molecule has 0 heterocycles. The molecular weight excluding hydrogens is 390 g/mol. The SMILES string of the molecule is CCO[Si](CCCNC(=O)c1cc(N([O-])O)cc([N+](=O)[O-])c1)(OCC)OCC. The first-order chi connectivity index (χ1) is 13.3. The van der Waals surface area contributed by atoms with E-state index in [2.05, 4.69) is 5.32 Å². The Morgan fingerprint density at radius 1 is 1.18 bits per heavy atom. The lowest BCUT2D eigenvalue weighted by Crippen LogP contribution is -2.46. The van der Waals surface area contributed by atoms with Gasteiger partial charge in [-0.25, -0.2) is 0 Å². The molecule has 12 heteroatoms. The van der Waals surface area contributed by atoms with E-state index in [0.717, 1.165) is 18.2 Å². The van der Waals surface area contributed by atoms with Gasteiger partial charge in [0.15, 0.2) is 0 Å². The van der Waals surface area contributed by atoms with Crippen molar-refractivity contribution in [2.45, 2.75) is 33.2 Å². The summed E-state index contributed by atoms with van der Waals surface area (Å²) in [5.41, 5.74) is -0.996. The fourth-order valence-corrected chi connectivity index (χ4v) is 5.16. The number of carbonyl (C=O) groups excluding carboxylic acids is 1. The lowest BCUT2D eigenvalue weighted by molar-refractivity contribution is -0.384. The van der Waals surface area contributed by atoms with Crippen molar-refractivity contribution in [2.24, 2.45) is 0 Å². The van der Waals surface area contributed by atoms with Crippen LogP contribution in [0.5, 0.6) is 0 Å². The Bertz CT molecular complexity index is 642. The highest BCUT2D eigenvalue weighted by Gasteiger charge is 2.39. The van der Waals surface area contributed by atoms with Gasteiger partial charge in [0.25, 0.3) is 11.6 Å². The quantitative estimate of drug-likeness (QED) is 0.214. The zero-order valence-corrected chi connectivity index (χ0v) is 17.2. The first kappa shape index (κ1) is 23.9. The van der Waals surface area contributed by atoms with E-state index in [1.54, 1.807) is 0 Å². The van der Waals surface area contributed by atoms with Gasteiger partial charge in [-0.1, -0.05) is 0 Å². The fourth-order valence-electron chi connectivity index (χ4n) is 2.55. The number of hydrogen-bond donors (Lipinski definition) is 2. The molecule has 0 saturated heterocycles. The van der Waals surface area contributed by atoms with Crippen molar-refractivity contribution in [1.29, 1.82) is 0 Å². The zero-order valence-electron chi connectivity index (χ0n) is 16.2. The van der Waals surface area contributed by atoms with Crippen LogP contribution in [-0.4, -0.2) is 51.2 Å². The highest BCUT2D eigenvalue weighted by Crippen LogP contribution is 2.23. The number of benzene rings is 1. The summed E-state index contributed by atoms with van der Waals surface area (Å²) >= 11 is 0. The first-order valence-electron chi connectivity index (χ1n) is 8.94. The van der Waals surface area contributed by atoms with E-state index in [4.69, 9.17) is 18.5 Å². The average Bonchev–Trinajstić information content (AvgIpc) is 2.65. The van der Waals surface area contributed by atoms with Crippen LogP contribution in [0.25, 0.3) is 0 Å². The maximum Gasteiger partial charge on any atom is 0.500 e. The van der Waals surface area contributed by atoms with Crippen LogP contribution >= 0.6 is 0 Å². The minimum atomic E-state index is -2.82. The van der Waals surface area contributed by atoms with E-state index >= 15 is 0 Å². The standard InChI is InChI=1S/C16H26N3O8Si/c1-4-25-28(26-5-2,27-6-3)9-7-8-17-16(20)13-10-14(18(21)22)12-15(11-13)19(23)24/h10-12,21H,4-9H2,1-3H3,(H,17,20)/q-1. The Morgan fingerprint density at radius 2 is 1.75 bits per heavy atom. The Kier molecular flexibility index (Phi) is 9.99. The van der Waals surface area contributed by atoms with Gasteiger partial charge in [-0.05, 0) is 33.3 Å². The Balaban J connectivity index is 2.74. The maximum atomic E-state index is 12.3. The van der Waals surface area contributed by atoms with Gasteiger partial charge in [-0.2, -0.15) is 0 Å². The minimum Gasteiger partial charge on any atom is -0.733 e. The molecule has 2 N–H and O–H groups in total. The van der Waals surface area contributed by atoms with E-state index < -0.39 is 36.2 Å². The van der Waals surface area contributed by atoms with Gasteiger partial charge >= 0.3 is 8.80 Å². The molecule has 0 aliphatic heterocycles. The topological polar surface area (TPSA) is 146 Å². The molecule has 0 aliphatic rings. The van der Waals surface area contributed by atoms with Crippen molar-refractivity contribution < 1.29 is 28.2 Å². The number of nitro benzene ring substituents is 1. The maximum absolute atomic E-state index is 12.3. The number of nitrogens with one attached hydrogen (secondary N) is 1. The number of non-ortho nitro benzene ring substituents is 1. The van der Waals surface area contributed by atoms with Crippen molar-refractivity contribution >= 4 is 26.1 Å². The second-order valence-electron chi connectivity index (χ2n) is 5.61. The summed E-state index contributed by atoms with van der Waals surface area (Å²) in [4.78, 5) is 22.5. The summed E-state index contributed by atoms with van der Waals surface area (Å²) in [6, 6.07) is 3.46. The summed E-state index contributed by atoms with van der Waals surface area (Å²) < 4.78 is 17.2. The van der Waals surface area contributed by atoms with Crippen molar-refractivity contribution in [1.82, 2.24) is 5.32 Å². The summed E-state index contributed by atoms with van der Waals surface area (Å²) in [5.74, 6) is -0.608. The van der Waals surface area contributed by atoms with E-state index in [1.165, 1.54) is 0 Å². The van der Waals surface area contributed by atoms with Crippen LogP contribution < -0.4 is 10.5 Å². The number of amides is 1.